The summed E-state index contributed by atoms with van der Waals surface area (Å²) in [5.41, 5.74) is 0. The van der Waals surface area contributed by atoms with Crippen molar-refractivity contribution in [2.45, 2.75) is 26.8 Å². The molecule has 0 aliphatic carbocycles. The summed E-state index contributed by atoms with van der Waals surface area (Å²) in [5, 5.41) is 11.5. The molecule has 0 unspecified atom stereocenters. The summed E-state index contributed by atoms with van der Waals surface area (Å²) in [7, 11) is 1.47. The van der Waals surface area contributed by atoms with Crippen LogP contribution in [0.4, 0.5) is 4.79 Å². The Morgan fingerprint density at radius 1 is 1.19 bits per heavy atom. The van der Waals surface area contributed by atoms with Crippen LogP contribution in [0.1, 0.15) is 20.8 Å². The lowest BCUT2D eigenvalue weighted by molar-refractivity contribution is -0.137. The quantitative estimate of drug-likeness (QED) is 0.624. The van der Waals surface area contributed by atoms with E-state index in [0.717, 1.165) is 4.90 Å². The van der Waals surface area contributed by atoms with Crippen molar-refractivity contribution >= 4 is 17.9 Å². The Balaban J connectivity index is 4.74. The number of nitrogens with one attached hydrogen (secondary N) is 1. The molecule has 122 valence electrons. The van der Waals surface area contributed by atoms with Gasteiger partial charge in [-0.2, -0.15) is 0 Å². The summed E-state index contributed by atoms with van der Waals surface area (Å²) >= 11 is 0. The van der Waals surface area contributed by atoms with Crippen LogP contribution in [0, 0.1) is 0 Å². The highest BCUT2D eigenvalue weighted by Gasteiger charge is 2.23. The van der Waals surface area contributed by atoms with Crippen LogP contribution in [0.5, 0.6) is 0 Å². The smallest absolute Gasteiger partial charge is 0.323 e. The maximum atomic E-state index is 12.3. The first kappa shape index (κ1) is 19.2. The molecule has 0 aliphatic rings. The van der Waals surface area contributed by atoms with E-state index in [0.29, 0.717) is 6.54 Å². The molecule has 0 fully saturated rings. The van der Waals surface area contributed by atoms with E-state index in [1.54, 1.807) is 6.92 Å². The number of amides is 3. The van der Waals surface area contributed by atoms with Gasteiger partial charge in [0.25, 0.3) is 0 Å². The summed E-state index contributed by atoms with van der Waals surface area (Å²) in [4.78, 5) is 37.3. The average Bonchev–Trinajstić information content (AvgIpc) is 2.38. The van der Waals surface area contributed by atoms with Gasteiger partial charge in [0.2, 0.25) is 5.91 Å². The predicted molar refractivity (Wildman–Crippen MR) is 77.0 cm³/mol. The Hall–Kier alpha value is -1.83. The third-order valence-corrected chi connectivity index (χ3v) is 2.60. The van der Waals surface area contributed by atoms with Crippen LogP contribution in [-0.4, -0.2) is 78.8 Å². The second-order valence-electron chi connectivity index (χ2n) is 4.83. The fourth-order valence-corrected chi connectivity index (χ4v) is 1.66. The van der Waals surface area contributed by atoms with E-state index in [4.69, 9.17) is 9.84 Å². The van der Waals surface area contributed by atoms with E-state index in [1.807, 2.05) is 13.8 Å². The number of hydrogen-bond donors (Lipinski definition) is 2. The standard InChI is InChI=1S/C13H25N3O5/c1-5-15(8-11(17)14-10(2)3)13(20)16(6-7-21-4)9-12(18)19/h10H,5-9H2,1-4H3,(H,14,17)(H,18,19). The molecule has 0 atom stereocenters. The van der Waals surface area contributed by atoms with Gasteiger partial charge in [0.15, 0.2) is 0 Å². The van der Waals surface area contributed by atoms with E-state index in [9.17, 15) is 14.4 Å². The van der Waals surface area contributed by atoms with Gasteiger partial charge in [-0.3, -0.25) is 9.59 Å². The van der Waals surface area contributed by atoms with Crippen LogP contribution in [0.15, 0.2) is 0 Å². The highest BCUT2D eigenvalue weighted by atomic mass is 16.5. The summed E-state index contributed by atoms with van der Waals surface area (Å²) in [6.07, 6.45) is 0. The zero-order chi connectivity index (χ0) is 16.4. The fourth-order valence-electron chi connectivity index (χ4n) is 1.66. The van der Waals surface area contributed by atoms with Crippen LogP contribution in [0.3, 0.4) is 0 Å². The molecule has 0 aliphatic heterocycles. The van der Waals surface area contributed by atoms with Crippen molar-refractivity contribution in [1.29, 1.82) is 0 Å². The van der Waals surface area contributed by atoms with Crippen molar-refractivity contribution in [1.82, 2.24) is 15.1 Å². The van der Waals surface area contributed by atoms with Gasteiger partial charge in [-0.05, 0) is 20.8 Å². The van der Waals surface area contributed by atoms with Gasteiger partial charge in [0.1, 0.15) is 13.1 Å². The minimum absolute atomic E-state index is 0.0186. The number of methoxy groups -OCH3 is 1. The number of aliphatic carboxylic acids is 1. The van der Waals surface area contributed by atoms with E-state index in [-0.39, 0.29) is 31.6 Å². The van der Waals surface area contributed by atoms with Gasteiger partial charge in [-0.15, -0.1) is 0 Å². The first-order valence-electron chi connectivity index (χ1n) is 6.85. The SMILES string of the molecule is CCN(CC(=O)NC(C)C)C(=O)N(CCOC)CC(=O)O. The van der Waals surface area contributed by atoms with Gasteiger partial charge in [-0.25, -0.2) is 4.79 Å². The van der Waals surface area contributed by atoms with E-state index < -0.39 is 18.5 Å². The van der Waals surface area contributed by atoms with Crippen molar-refractivity contribution in [2.24, 2.45) is 0 Å². The molecular formula is C13H25N3O5. The molecule has 8 nitrogen and oxygen atoms in total. The van der Waals surface area contributed by atoms with Gasteiger partial charge < -0.3 is 25.0 Å². The largest absolute Gasteiger partial charge is 0.480 e. The summed E-state index contributed by atoms with van der Waals surface area (Å²) < 4.78 is 4.87. The summed E-state index contributed by atoms with van der Waals surface area (Å²) in [6, 6.07) is -0.509. The van der Waals surface area contributed by atoms with E-state index in [1.165, 1.54) is 12.0 Å². The van der Waals surface area contributed by atoms with Crippen molar-refractivity contribution < 1.29 is 24.2 Å². The van der Waals surface area contributed by atoms with Gasteiger partial charge >= 0.3 is 12.0 Å². The topological polar surface area (TPSA) is 99.2 Å². The van der Waals surface area contributed by atoms with Crippen molar-refractivity contribution in [3.05, 3.63) is 0 Å². The van der Waals surface area contributed by atoms with Crippen molar-refractivity contribution in [3.8, 4) is 0 Å². The molecule has 0 saturated heterocycles. The number of urea groups is 1. The Morgan fingerprint density at radius 2 is 1.81 bits per heavy atom. The lowest BCUT2D eigenvalue weighted by Gasteiger charge is -2.28. The third kappa shape index (κ3) is 8.13. The lowest BCUT2D eigenvalue weighted by atomic mass is 10.3. The molecule has 0 heterocycles. The van der Waals surface area contributed by atoms with Crippen LogP contribution in [0.25, 0.3) is 0 Å². The van der Waals surface area contributed by atoms with Crippen LogP contribution < -0.4 is 5.32 Å². The number of rotatable bonds is 9. The molecular weight excluding hydrogens is 278 g/mol. The Bertz CT molecular complexity index is 360. The number of carbonyl (C=O) groups is 3. The maximum Gasteiger partial charge on any atom is 0.323 e. The van der Waals surface area contributed by atoms with Gasteiger partial charge in [0, 0.05) is 26.2 Å². The number of carbonyl (C=O) groups excluding carboxylic acids is 2. The first-order valence-corrected chi connectivity index (χ1v) is 6.85. The second-order valence-corrected chi connectivity index (χ2v) is 4.83. The van der Waals surface area contributed by atoms with Crippen LogP contribution in [-0.2, 0) is 14.3 Å². The second kappa shape index (κ2) is 9.98. The maximum absolute atomic E-state index is 12.3. The molecule has 3 amide bonds. The van der Waals surface area contributed by atoms with Crippen LogP contribution >= 0.6 is 0 Å². The molecule has 8 heteroatoms. The molecule has 0 aromatic rings. The number of carboxylic acids is 1. The van der Waals surface area contributed by atoms with Gasteiger partial charge in [0.05, 0.1) is 6.61 Å². The van der Waals surface area contributed by atoms with Crippen molar-refractivity contribution in [3.63, 3.8) is 0 Å². The molecule has 0 radical (unpaired) electrons. The highest BCUT2D eigenvalue weighted by Crippen LogP contribution is 2.00. The number of nitrogens with zero attached hydrogens (tertiary/aromatic N) is 2. The highest BCUT2D eigenvalue weighted by molar-refractivity contribution is 5.85. The molecule has 0 saturated carbocycles. The molecule has 21 heavy (non-hydrogen) atoms. The summed E-state index contributed by atoms with van der Waals surface area (Å²) in [6.45, 7) is 5.56. The Kier molecular flexibility index (Phi) is 9.11. The molecule has 0 aromatic heterocycles. The first-order chi connectivity index (χ1) is 9.81. The summed E-state index contributed by atoms with van der Waals surface area (Å²) in [5.74, 6) is -1.38. The Morgan fingerprint density at radius 3 is 2.24 bits per heavy atom. The number of ether oxygens (including phenoxy) is 1. The van der Waals surface area contributed by atoms with Crippen molar-refractivity contribution in [2.75, 3.05) is 39.9 Å². The number of likely N-dealkylation sites (N-methyl/N-ethyl adjacent to an activating group) is 1. The average molecular weight is 303 g/mol. The normalized spacial score (nSPS) is 10.3. The predicted octanol–water partition coefficient (Wildman–Crippen LogP) is -0.0141. The fraction of sp³-hybridized carbons (Fsp3) is 0.769. The molecule has 0 spiro atoms. The molecule has 2 N–H and O–H groups in total. The molecule has 0 bridgehead atoms. The van der Waals surface area contributed by atoms with E-state index in [2.05, 4.69) is 5.32 Å². The zero-order valence-corrected chi connectivity index (χ0v) is 13.1. The molecule has 0 rings (SSSR count). The zero-order valence-electron chi connectivity index (χ0n) is 13.1. The minimum atomic E-state index is -1.11. The molecule has 0 aromatic carbocycles. The van der Waals surface area contributed by atoms with Crippen LogP contribution in [0.2, 0.25) is 0 Å². The third-order valence-electron chi connectivity index (χ3n) is 2.60. The minimum Gasteiger partial charge on any atom is -0.480 e. The van der Waals surface area contributed by atoms with Gasteiger partial charge in [-0.1, -0.05) is 0 Å². The number of carboxylic acid groups (broad SMARTS) is 1. The number of hydrogen-bond acceptors (Lipinski definition) is 4. The lowest BCUT2D eigenvalue weighted by Crippen LogP contribution is -2.50. The Labute approximate surface area is 125 Å². The van der Waals surface area contributed by atoms with E-state index >= 15 is 0 Å². The monoisotopic (exact) mass is 303 g/mol.